The molecule has 0 bridgehead atoms. The lowest BCUT2D eigenvalue weighted by atomic mass is 9.98. The fourth-order valence-electron chi connectivity index (χ4n) is 3.12. The Bertz CT molecular complexity index is 430. The van der Waals surface area contributed by atoms with E-state index in [1.165, 1.54) is 23.1 Å². The number of hydrogen-bond acceptors (Lipinski definition) is 3. The Kier molecular flexibility index (Phi) is 3.37. The third kappa shape index (κ3) is 2.30. The van der Waals surface area contributed by atoms with E-state index >= 15 is 0 Å². The Balaban J connectivity index is 1.73. The number of nitrogens with one attached hydrogen (secondary N) is 1. The van der Waals surface area contributed by atoms with Crippen molar-refractivity contribution in [2.75, 3.05) is 13.1 Å². The van der Waals surface area contributed by atoms with Crippen LogP contribution in [-0.2, 0) is 19.5 Å². The summed E-state index contributed by atoms with van der Waals surface area (Å²) < 4.78 is 0. The van der Waals surface area contributed by atoms with Crippen LogP contribution in [0.2, 0.25) is 0 Å². The van der Waals surface area contributed by atoms with Gasteiger partial charge in [-0.3, -0.25) is 4.90 Å². The van der Waals surface area contributed by atoms with Gasteiger partial charge in [-0.1, -0.05) is 18.2 Å². The molecule has 1 aromatic rings. The molecule has 18 heavy (non-hydrogen) atoms. The van der Waals surface area contributed by atoms with Crippen molar-refractivity contribution in [3.63, 3.8) is 0 Å². The molecule has 3 N–H and O–H groups in total. The van der Waals surface area contributed by atoms with Gasteiger partial charge in [0, 0.05) is 31.7 Å². The molecule has 0 amide bonds. The molecule has 3 nitrogen and oxygen atoms in total. The normalized spacial score (nSPS) is 28.3. The van der Waals surface area contributed by atoms with E-state index in [9.17, 15) is 0 Å². The minimum absolute atomic E-state index is 0.351. The third-order valence-electron chi connectivity index (χ3n) is 4.49. The van der Waals surface area contributed by atoms with Crippen LogP contribution in [0.5, 0.6) is 0 Å². The molecule has 2 heterocycles. The van der Waals surface area contributed by atoms with Gasteiger partial charge in [0.15, 0.2) is 0 Å². The van der Waals surface area contributed by atoms with Crippen molar-refractivity contribution in [3.05, 3.63) is 34.9 Å². The Hall–Kier alpha value is -0.900. The first-order chi connectivity index (χ1) is 8.74. The molecule has 2 atom stereocenters. The van der Waals surface area contributed by atoms with E-state index < -0.39 is 0 Å². The maximum absolute atomic E-state index is 6.08. The first-order valence-electron chi connectivity index (χ1n) is 7.05. The zero-order valence-corrected chi connectivity index (χ0v) is 11.2. The van der Waals surface area contributed by atoms with E-state index in [-0.39, 0.29) is 0 Å². The van der Waals surface area contributed by atoms with Gasteiger partial charge in [-0.2, -0.15) is 0 Å². The monoisotopic (exact) mass is 245 g/mol. The first-order valence-corrected chi connectivity index (χ1v) is 7.05. The summed E-state index contributed by atoms with van der Waals surface area (Å²) >= 11 is 0. The molecule has 0 radical (unpaired) electrons. The van der Waals surface area contributed by atoms with Gasteiger partial charge in [0.1, 0.15) is 0 Å². The van der Waals surface area contributed by atoms with Crippen molar-refractivity contribution in [2.45, 2.75) is 44.9 Å². The second-order valence-corrected chi connectivity index (χ2v) is 5.69. The quantitative estimate of drug-likeness (QED) is 0.824. The van der Waals surface area contributed by atoms with Crippen LogP contribution in [0.3, 0.4) is 0 Å². The second-order valence-electron chi connectivity index (χ2n) is 5.69. The predicted molar refractivity (Wildman–Crippen MR) is 74.3 cm³/mol. The van der Waals surface area contributed by atoms with Gasteiger partial charge < -0.3 is 11.1 Å². The van der Waals surface area contributed by atoms with Crippen LogP contribution < -0.4 is 11.1 Å². The molecular weight excluding hydrogens is 222 g/mol. The standard InChI is InChI=1S/C15H23N3/c1-11-15(16)5-7-18(11)10-12-2-3-13-4-6-17-9-14(13)8-12/h2-3,8,11,15,17H,4-7,9-10,16H2,1H3. The fraction of sp³-hybridized carbons (Fsp3) is 0.600. The van der Waals surface area contributed by atoms with Gasteiger partial charge in [0.05, 0.1) is 0 Å². The number of hydrogen-bond donors (Lipinski definition) is 2. The van der Waals surface area contributed by atoms with Gasteiger partial charge in [0.2, 0.25) is 0 Å². The van der Waals surface area contributed by atoms with E-state index in [4.69, 9.17) is 5.73 Å². The number of nitrogens with two attached hydrogens (primary N) is 1. The van der Waals surface area contributed by atoms with Crippen LogP contribution >= 0.6 is 0 Å². The van der Waals surface area contributed by atoms with Crippen molar-refractivity contribution in [1.29, 1.82) is 0 Å². The number of benzene rings is 1. The summed E-state index contributed by atoms with van der Waals surface area (Å²) in [7, 11) is 0. The van der Waals surface area contributed by atoms with Crippen LogP contribution in [0.4, 0.5) is 0 Å². The Morgan fingerprint density at radius 1 is 1.39 bits per heavy atom. The number of fused-ring (bicyclic) bond motifs is 1. The molecule has 0 saturated carbocycles. The molecule has 3 rings (SSSR count). The molecule has 0 spiro atoms. The molecule has 0 aliphatic carbocycles. The summed E-state index contributed by atoms with van der Waals surface area (Å²) in [5.74, 6) is 0. The summed E-state index contributed by atoms with van der Waals surface area (Å²) in [4.78, 5) is 2.50. The van der Waals surface area contributed by atoms with Crippen LogP contribution in [0.1, 0.15) is 30.0 Å². The zero-order chi connectivity index (χ0) is 12.5. The molecule has 2 aliphatic rings. The van der Waals surface area contributed by atoms with E-state index in [0.29, 0.717) is 12.1 Å². The molecule has 98 valence electrons. The van der Waals surface area contributed by atoms with Gasteiger partial charge in [-0.05, 0) is 43.0 Å². The summed E-state index contributed by atoms with van der Waals surface area (Å²) in [5.41, 5.74) is 10.5. The van der Waals surface area contributed by atoms with Crippen molar-refractivity contribution >= 4 is 0 Å². The molecule has 1 fully saturated rings. The van der Waals surface area contributed by atoms with Crippen molar-refractivity contribution in [3.8, 4) is 0 Å². The second kappa shape index (κ2) is 5.00. The summed E-state index contributed by atoms with van der Waals surface area (Å²) in [5, 5.41) is 3.44. The smallest absolute Gasteiger partial charge is 0.0237 e. The van der Waals surface area contributed by atoms with Crippen LogP contribution in [-0.4, -0.2) is 30.1 Å². The Morgan fingerprint density at radius 3 is 3.06 bits per heavy atom. The van der Waals surface area contributed by atoms with Crippen molar-refractivity contribution in [2.24, 2.45) is 5.73 Å². The number of nitrogens with zero attached hydrogens (tertiary/aromatic N) is 1. The minimum Gasteiger partial charge on any atom is -0.326 e. The number of likely N-dealkylation sites (tertiary alicyclic amines) is 1. The molecule has 0 aromatic heterocycles. The van der Waals surface area contributed by atoms with Crippen LogP contribution in [0.15, 0.2) is 18.2 Å². The van der Waals surface area contributed by atoms with E-state index in [2.05, 4.69) is 35.3 Å². The average molecular weight is 245 g/mol. The maximum atomic E-state index is 6.08. The van der Waals surface area contributed by atoms with Gasteiger partial charge in [-0.15, -0.1) is 0 Å². The molecule has 2 aliphatic heterocycles. The highest BCUT2D eigenvalue weighted by Gasteiger charge is 2.27. The molecule has 3 heteroatoms. The SMILES string of the molecule is CC1C(N)CCN1Cc1ccc2c(c1)CNCC2. The highest BCUT2D eigenvalue weighted by atomic mass is 15.2. The first kappa shape index (κ1) is 12.2. The van der Waals surface area contributed by atoms with E-state index in [0.717, 1.165) is 32.6 Å². The molecular formula is C15H23N3. The fourth-order valence-corrected chi connectivity index (χ4v) is 3.12. The van der Waals surface area contributed by atoms with Crippen LogP contribution in [0, 0.1) is 0 Å². The lowest BCUT2D eigenvalue weighted by Crippen LogP contribution is -2.36. The summed E-state index contributed by atoms with van der Waals surface area (Å²) in [6.07, 6.45) is 2.30. The summed E-state index contributed by atoms with van der Waals surface area (Å²) in [6.45, 7) is 6.57. The molecule has 1 aromatic carbocycles. The van der Waals surface area contributed by atoms with Gasteiger partial charge in [0.25, 0.3) is 0 Å². The third-order valence-corrected chi connectivity index (χ3v) is 4.49. The van der Waals surface area contributed by atoms with E-state index in [1.54, 1.807) is 0 Å². The van der Waals surface area contributed by atoms with Crippen LogP contribution in [0.25, 0.3) is 0 Å². The molecule has 1 saturated heterocycles. The topological polar surface area (TPSA) is 41.3 Å². The van der Waals surface area contributed by atoms with Gasteiger partial charge in [-0.25, -0.2) is 0 Å². The molecule has 2 unspecified atom stereocenters. The summed E-state index contributed by atoms with van der Waals surface area (Å²) in [6, 6.07) is 7.84. The maximum Gasteiger partial charge on any atom is 0.0237 e. The minimum atomic E-state index is 0.351. The highest BCUT2D eigenvalue weighted by molar-refractivity contribution is 5.33. The van der Waals surface area contributed by atoms with E-state index in [1.807, 2.05) is 0 Å². The van der Waals surface area contributed by atoms with Crippen molar-refractivity contribution < 1.29 is 0 Å². The average Bonchev–Trinajstić information content (AvgIpc) is 2.71. The Morgan fingerprint density at radius 2 is 2.28 bits per heavy atom. The largest absolute Gasteiger partial charge is 0.326 e. The lowest BCUT2D eigenvalue weighted by molar-refractivity contribution is 0.251. The number of rotatable bonds is 2. The zero-order valence-electron chi connectivity index (χ0n) is 11.2. The Labute approximate surface area is 109 Å². The van der Waals surface area contributed by atoms with Gasteiger partial charge >= 0.3 is 0 Å². The van der Waals surface area contributed by atoms with Crippen molar-refractivity contribution in [1.82, 2.24) is 10.2 Å². The predicted octanol–water partition coefficient (Wildman–Crippen LogP) is 1.25. The highest BCUT2D eigenvalue weighted by Crippen LogP contribution is 2.21. The lowest BCUT2D eigenvalue weighted by Gasteiger charge is -2.24.